The molecule has 10 nitrogen and oxygen atoms in total. The lowest BCUT2D eigenvalue weighted by Crippen LogP contribution is -2.25. The summed E-state index contributed by atoms with van der Waals surface area (Å²) in [5.41, 5.74) is 0. The molecule has 0 aromatic heterocycles. The molecule has 1 fully saturated rings. The SMILES string of the molecule is CC1(O)COC(=O)O1.O=C(O)O.OCC(O)CO. The molecule has 0 aromatic rings. The first-order valence-electron chi connectivity index (χ1n) is 4.54. The van der Waals surface area contributed by atoms with Crippen LogP contribution < -0.4 is 0 Å². The Morgan fingerprint density at radius 2 is 1.78 bits per heavy atom. The number of hydrogen-bond donors (Lipinski definition) is 6. The summed E-state index contributed by atoms with van der Waals surface area (Å²) in [7, 11) is 0. The van der Waals surface area contributed by atoms with Gasteiger partial charge in [0.05, 0.1) is 13.2 Å². The molecule has 0 aliphatic carbocycles. The number of hydrogen-bond acceptors (Lipinski definition) is 8. The first-order chi connectivity index (χ1) is 8.14. The summed E-state index contributed by atoms with van der Waals surface area (Å²) in [5, 5.41) is 46.8. The Morgan fingerprint density at radius 3 is 1.83 bits per heavy atom. The minimum Gasteiger partial charge on any atom is -0.450 e. The molecule has 1 aliphatic rings. The number of carbonyl (C=O) groups excluding carboxylic acids is 1. The first kappa shape index (κ1) is 18.7. The van der Waals surface area contributed by atoms with Crippen LogP contribution in [0.3, 0.4) is 0 Å². The van der Waals surface area contributed by atoms with Crippen molar-refractivity contribution in [3.63, 3.8) is 0 Å². The highest BCUT2D eigenvalue weighted by Crippen LogP contribution is 2.14. The fourth-order valence-corrected chi connectivity index (χ4v) is 0.489. The van der Waals surface area contributed by atoms with Gasteiger partial charge in [-0.25, -0.2) is 9.59 Å². The summed E-state index contributed by atoms with van der Waals surface area (Å²) in [5.74, 6) is -1.41. The van der Waals surface area contributed by atoms with Crippen molar-refractivity contribution in [2.24, 2.45) is 0 Å². The predicted molar refractivity (Wildman–Crippen MR) is 53.9 cm³/mol. The van der Waals surface area contributed by atoms with Crippen molar-refractivity contribution in [1.82, 2.24) is 0 Å². The van der Waals surface area contributed by atoms with Crippen molar-refractivity contribution in [3.05, 3.63) is 0 Å². The van der Waals surface area contributed by atoms with E-state index in [1.165, 1.54) is 6.92 Å². The molecule has 108 valence electrons. The predicted octanol–water partition coefficient (Wildman–Crippen LogP) is -1.58. The van der Waals surface area contributed by atoms with Crippen LogP contribution in [-0.4, -0.2) is 74.7 Å². The number of carboxylic acid groups (broad SMARTS) is 2. The van der Waals surface area contributed by atoms with Crippen LogP contribution in [0, 0.1) is 0 Å². The van der Waals surface area contributed by atoms with E-state index in [2.05, 4.69) is 9.47 Å². The van der Waals surface area contributed by atoms with E-state index in [9.17, 15) is 4.79 Å². The van der Waals surface area contributed by atoms with Gasteiger partial charge in [0.15, 0.2) is 6.61 Å². The number of rotatable bonds is 2. The molecule has 1 saturated heterocycles. The van der Waals surface area contributed by atoms with Crippen LogP contribution in [0.25, 0.3) is 0 Å². The highest BCUT2D eigenvalue weighted by Gasteiger charge is 2.34. The summed E-state index contributed by atoms with van der Waals surface area (Å²) in [4.78, 5) is 18.6. The van der Waals surface area contributed by atoms with Crippen molar-refractivity contribution in [3.8, 4) is 0 Å². The first-order valence-corrected chi connectivity index (χ1v) is 4.54. The minimum absolute atomic E-state index is 0.0775. The molecular formula is C8H16O10. The number of carbonyl (C=O) groups is 2. The number of ether oxygens (including phenoxy) is 2. The fraction of sp³-hybridized carbons (Fsp3) is 0.750. The van der Waals surface area contributed by atoms with Gasteiger partial charge in [-0.3, -0.25) is 0 Å². The van der Waals surface area contributed by atoms with Crippen molar-refractivity contribution >= 4 is 12.3 Å². The van der Waals surface area contributed by atoms with Crippen LogP contribution in [0.5, 0.6) is 0 Å². The fourth-order valence-electron chi connectivity index (χ4n) is 0.489. The Balaban J connectivity index is 0. The second-order valence-corrected chi connectivity index (χ2v) is 3.12. The van der Waals surface area contributed by atoms with Crippen molar-refractivity contribution in [2.75, 3.05) is 19.8 Å². The Morgan fingerprint density at radius 1 is 1.39 bits per heavy atom. The Kier molecular flexibility index (Phi) is 9.80. The summed E-state index contributed by atoms with van der Waals surface area (Å²) >= 11 is 0. The van der Waals surface area contributed by atoms with Crippen LogP contribution in [-0.2, 0) is 9.47 Å². The molecule has 6 N–H and O–H groups in total. The maximum atomic E-state index is 10.1. The number of aliphatic hydroxyl groups excluding tert-OH is 3. The largest absolute Gasteiger partial charge is 0.511 e. The molecule has 10 heteroatoms. The third-order valence-corrected chi connectivity index (χ3v) is 1.18. The zero-order valence-electron chi connectivity index (χ0n) is 9.51. The van der Waals surface area contributed by atoms with E-state index in [1.807, 2.05) is 0 Å². The van der Waals surface area contributed by atoms with Gasteiger partial charge in [0, 0.05) is 6.92 Å². The quantitative estimate of drug-likeness (QED) is 0.322. The highest BCUT2D eigenvalue weighted by molar-refractivity contribution is 5.62. The van der Waals surface area contributed by atoms with Crippen LogP contribution in [0.4, 0.5) is 9.59 Å². The Labute approximate surface area is 102 Å². The monoisotopic (exact) mass is 272 g/mol. The van der Waals surface area contributed by atoms with Gasteiger partial charge in [0.1, 0.15) is 6.10 Å². The average Bonchev–Trinajstić information content (AvgIpc) is 2.55. The molecule has 1 atom stereocenters. The molecule has 0 spiro atoms. The second-order valence-electron chi connectivity index (χ2n) is 3.12. The molecule has 1 heterocycles. The van der Waals surface area contributed by atoms with Crippen LogP contribution in [0.15, 0.2) is 0 Å². The molecule has 0 saturated carbocycles. The number of aliphatic hydroxyl groups is 4. The van der Waals surface area contributed by atoms with Gasteiger partial charge in [-0.2, -0.15) is 0 Å². The molecule has 1 aliphatic heterocycles. The smallest absolute Gasteiger partial charge is 0.450 e. The van der Waals surface area contributed by atoms with Crippen LogP contribution >= 0.6 is 0 Å². The van der Waals surface area contributed by atoms with E-state index in [0.29, 0.717) is 0 Å². The van der Waals surface area contributed by atoms with Crippen LogP contribution in [0.1, 0.15) is 6.92 Å². The zero-order chi connectivity index (χ0) is 14.8. The molecule has 0 aromatic carbocycles. The molecule has 0 radical (unpaired) electrons. The summed E-state index contributed by atoms with van der Waals surface area (Å²) in [6, 6.07) is 0. The van der Waals surface area contributed by atoms with E-state index < -0.39 is 24.2 Å². The second kappa shape index (κ2) is 9.41. The average molecular weight is 272 g/mol. The molecular weight excluding hydrogens is 256 g/mol. The lowest BCUT2D eigenvalue weighted by Gasteiger charge is -2.08. The maximum Gasteiger partial charge on any atom is 0.511 e. The third kappa shape index (κ3) is 14.4. The maximum absolute atomic E-state index is 10.1. The van der Waals surface area contributed by atoms with E-state index in [-0.39, 0.29) is 19.8 Å². The van der Waals surface area contributed by atoms with Crippen LogP contribution in [0.2, 0.25) is 0 Å². The Hall–Kier alpha value is -1.62. The van der Waals surface area contributed by atoms with E-state index >= 15 is 0 Å². The van der Waals surface area contributed by atoms with Gasteiger partial charge in [0.25, 0.3) is 0 Å². The standard InChI is InChI=1S/C4H6O4.C3H8O3.CH2O3/c1-4(6)2-7-3(5)8-4;4-1-3(6)2-5;2-1(3)4/h6H,2H2,1H3;3-6H,1-2H2;(H2,2,3,4). The molecule has 18 heavy (non-hydrogen) atoms. The normalized spacial score (nSPS) is 20.9. The molecule has 0 bridgehead atoms. The zero-order valence-corrected chi connectivity index (χ0v) is 9.51. The summed E-state index contributed by atoms with van der Waals surface area (Å²) in [6.45, 7) is 0.552. The van der Waals surface area contributed by atoms with Gasteiger partial charge >= 0.3 is 12.3 Å². The van der Waals surface area contributed by atoms with Crippen molar-refractivity contribution < 1.29 is 49.7 Å². The Bertz CT molecular complexity index is 242. The van der Waals surface area contributed by atoms with Gasteiger partial charge < -0.3 is 40.1 Å². The lowest BCUT2D eigenvalue weighted by molar-refractivity contribution is -0.116. The van der Waals surface area contributed by atoms with Gasteiger partial charge in [-0.05, 0) is 0 Å². The van der Waals surface area contributed by atoms with Crippen molar-refractivity contribution in [1.29, 1.82) is 0 Å². The topological polar surface area (TPSA) is 174 Å². The molecule has 1 unspecified atom stereocenters. The minimum atomic E-state index is -1.83. The van der Waals surface area contributed by atoms with Gasteiger partial charge in [-0.1, -0.05) is 0 Å². The van der Waals surface area contributed by atoms with Crippen molar-refractivity contribution in [2.45, 2.75) is 18.8 Å². The number of cyclic esters (lactones) is 2. The molecule has 0 amide bonds. The van der Waals surface area contributed by atoms with E-state index in [1.54, 1.807) is 0 Å². The van der Waals surface area contributed by atoms with E-state index in [4.69, 9.17) is 35.4 Å². The van der Waals surface area contributed by atoms with Gasteiger partial charge in [0.2, 0.25) is 5.79 Å². The highest BCUT2D eigenvalue weighted by atomic mass is 16.8. The third-order valence-electron chi connectivity index (χ3n) is 1.18. The summed E-state index contributed by atoms with van der Waals surface area (Å²) < 4.78 is 8.50. The molecule has 1 rings (SSSR count). The van der Waals surface area contributed by atoms with E-state index in [0.717, 1.165) is 0 Å². The lowest BCUT2D eigenvalue weighted by atomic mass is 10.4. The summed E-state index contributed by atoms with van der Waals surface area (Å²) in [6.07, 6.45) is -3.60. The van der Waals surface area contributed by atoms with Gasteiger partial charge in [-0.15, -0.1) is 0 Å².